The molecule has 0 fully saturated rings. The van der Waals surface area contributed by atoms with Crippen LogP contribution in [0, 0.1) is 6.92 Å². The van der Waals surface area contributed by atoms with E-state index in [1.165, 1.54) is 28.6 Å². The van der Waals surface area contributed by atoms with Gasteiger partial charge in [-0.2, -0.15) is 13.2 Å². The Balaban J connectivity index is 1.83. The summed E-state index contributed by atoms with van der Waals surface area (Å²) < 4.78 is 40.9. The van der Waals surface area contributed by atoms with Crippen LogP contribution in [0.15, 0.2) is 77.6 Å². The van der Waals surface area contributed by atoms with Gasteiger partial charge in [-0.3, -0.25) is 14.2 Å². The maximum atomic E-state index is 13.5. The highest BCUT2D eigenvalue weighted by atomic mass is 19.4. The van der Waals surface area contributed by atoms with Gasteiger partial charge < -0.3 is 4.90 Å². The predicted molar refractivity (Wildman–Crippen MR) is 124 cm³/mol. The number of benzene rings is 3. The summed E-state index contributed by atoms with van der Waals surface area (Å²) in [6.07, 6.45) is -4.56. The third-order valence-electron chi connectivity index (χ3n) is 5.77. The number of aromatic nitrogens is 2. The molecule has 0 saturated heterocycles. The minimum atomic E-state index is -4.56. The molecule has 1 heterocycles. The number of aryl methyl sites for hydroxylation is 1. The number of halogens is 3. The highest BCUT2D eigenvalue weighted by Gasteiger charge is 2.32. The molecule has 0 N–H and O–H groups in total. The number of para-hydroxylation sites is 1. The van der Waals surface area contributed by atoms with Gasteiger partial charge in [0.05, 0.1) is 28.2 Å². The molecule has 174 valence electrons. The van der Waals surface area contributed by atoms with Gasteiger partial charge in [0.2, 0.25) is 0 Å². The molecule has 0 spiro atoms. The first-order valence-corrected chi connectivity index (χ1v) is 10.6. The summed E-state index contributed by atoms with van der Waals surface area (Å²) in [7, 11) is 1.48. The topological polar surface area (TPSA) is 55.2 Å². The van der Waals surface area contributed by atoms with Crippen molar-refractivity contribution >= 4 is 16.8 Å². The second-order valence-electron chi connectivity index (χ2n) is 8.14. The van der Waals surface area contributed by atoms with Crippen LogP contribution in [0.3, 0.4) is 0 Å². The van der Waals surface area contributed by atoms with Crippen LogP contribution in [0.4, 0.5) is 13.2 Å². The summed E-state index contributed by atoms with van der Waals surface area (Å²) in [6, 6.07) is 17.8. The summed E-state index contributed by atoms with van der Waals surface area (Å²) in [6.45, 7) is 3.59. The Bertz CT molecular complexity index is 1440. The Morgan fingerprint density at radius 2 is 1.71 bits per heavy atom. The Kier molecular flexibility index (Phi) is 6.00. The molecule has 1 atom stereocenters. The molecule has 0 aliphatic heterocycles. The third-order valence-corrected chi connectivity index (χ3v) is 5.77. The summed E-state index contributed by atoms with van der Waals surface area (Å²) in [5, 5.41) is 0.423. The van der Waals surface area contributed by atoms with Crippen LogP contribution in [-0.2, 0) is 6.18 Å². The van der Waals surface area contributed by atoms with Crippen LogP contribution < -0.4 is 5.56 Å². The van der Waals surface area contributed by atoms with Crippen LogP contribution in [0.2, 0.25) is 0 Å². The minimum absolute atomic E-state index is 0.102. The van der Waals surface area contributed by atoms with Gasteiger partial charge in [0, 0.05) is 12.6 Å². The molecule has 8 heteroatoms. The molecule has 0 bridgehead atoms. The van der Waals surface area contributed by atoms with Crippen molar-refractivity contribution in [2.45, 2.75) is 26.1 Å². The average Bonchev–Trinajstić information content (AvgIpc) is 2.82. The zero-order valence-corrected chi connectivity index (χ0v) is 18.8. The molecule has 1 amide bonds. The lowest BCUT2D eigenvalue weighted by Gasteiger charge is -2.27. The third kappa shape index (κ3) is 4.31. The number of rotatable bonds is 4. The number of carbonyl (C=O) groups excluding carboxylic acids is 1. The van der Waals surface area contributed by atoms with Crippen molar-refractivity contribution in [3.63, 3.8) is 0 Å². The van der Waals surface area contributed by atoms with Crippen LogP contribution in [0.1, 0.15) is 40.3 Å². The highest BCUT2D eigenvalue weighted by molar-refractivity contribution is 5.94. The summed E-state index contributed by atoms with van der Waals surface area (Å²) in [5.74, 6) is -0.311. The first kappa shape index (κ1) is 23.2. The smallest absolute Gasteiger partial charge is 0.332 e. The molecule has 0 aliphatic rings. The largest absolute Gasteiger partial charge is 0.416 e. The molecule has 0 saturated carbocycles. The molecule has 34 heavy (non-hydrogen) atoms. The molecule has 3 aromatic carbocycles. The first-order chi connectivity index (χ1) is 16.1. The van der Waals surface area contributed by atoms with Gasteiger partial charge in [-0.15, -0.1) is 0 Å². The van der Waals surface area contributed by atoms with E-state index in [1.54, 1.807) is 37.3 Å². The molecule has 1 aromatic heterocycles. The van der Waals surface area contributed by atoms with E-state index >= 15 is 0 Å². The van der Waals surface area contributed by atoms with Gasteiger partial charge in [0.1, 0.15) is 5.82 Å². The molecular formula is C26H22F3N3O2. The second kappa shape index (κ2) is 8.78. The van der Waals surface area contributed by atoms with E-state index in [4.69, 9.17) is 0 Å². The van der Waals surface area contributed by atoms with Crippen LogP contribution >= 0.6 is 0 Å². The van der Waals surface area contributed by atoms with Gasteiger partial charge in [-0.1, -0.05) is 30.3 Å². The normalized spacial score (nSPS) is 12.5. The quantitative estimate of drug-likeness (QED) is 0.397. The molecule has 1 unspecified atom stereocenters. The molecule has 0 aliphatic carbocycles. The van der Waals surface area contributed by atoms with E-state index in [2.05, 4.69) is 4.98 Å². The van der Waals surface area contributed by atoms with Crippen LogP contribution in [0.25, 0.3) is 16.6 Å². The van der Waals surface area contributed by atoms with Gasteiger partial charge in [0.25, 0.3) is 11.5 Å². The van der Waals surface area contributed by atoms with E-state index in [9.17, 15) is 22.8 Å². The minimum Gasteiger partial charge on any atom is -0.332 e. The molecule has 0 radical (unpaired) electrons. The molecule has 4 rings (SSSR count). The number of fused-ring (bicyclic) bond motifs is 1. The Morgan fingerprint density at radius 3 is 2.41 bits per heavy atom. The lowest BCUT2D eigenvalue weighted by molar-refractivity contribution is -0.137. The van der Waals surface area contributed by atoms with E-state index in [-0.39, 0.29) is 11.1 Å². The fourth-order valence-electron chi connectivity index (χ4n) is 3.83. The monoisotopic (exact) mass is 465 g/mol. The van der Waals surface area contributed by atoms with E-state index in [0.29, 0.717) is 22.4 Å². The van der Waals surface area contributed by atoms with E-state index in [1.807, 2.05) is 25.1 Å². The first-order valence-electron chi connectivity index (χ1n) is 10.6. The standard InChI is InChI=1S/C26H22F3N3O2/c1-16-8-6-11-20(14-16)32-23(30-22-13-5-4-12-21(22)25(32)34)17(2)31(3)24(33)18-9-7-10-19(15-18)26(27,28)29/h4-15,17H,1-3H3. The van der Waals surface area contributed by atoms with Gasteiger partial charge in [0.15, 0.2) is 0 Å². The molecule has 5 nitrogen and oxygen atoms in total. The van der Waals surface area contributed by atoms with E-state index in [0.717, 1.165) is 17.7 Å². The number of amides is 1. The number of nitrogens with zero attached hydrogens (tertiary/aromatic N) is 3. The van der Waals surface area contributed by atoms with Crippen molar-refractivity contribution in [1.82, 2.24) is 14.5 Å². The molecular weight excluding hydrogens is 443 g/mol. The van der Waals surface area contributed by atoms with E-state index < -0.39 is 23.7 Å². The van der Waals surface area contributed by atoms with Crippen molar-refractivity contribution in [3.05, 3.63) is 106 Å². The Morgan fingerprint density at radius 1 is 1.00 bits per heavy atom. The number of carbonyl (C=O) groups is 1. The molecule has 4 aromatic rings. The lowest BCUT2D eigenvalue weighted by atomic mass is 10.1. The summed E-state index contributed by atoms with van der Waals surface area (Å²) in [5.41, 5.74) is 0.694. The fraction of sp³-hybridized carbons (Fsp3) is 0.192. The van der Waals surface area contributed by atoms with Crippen molar-refractivity contribution in [2.75, 3.05) is 7.05 Å². The predicted octanol–water partition coefficient (Wildman–Crippen LogP) is 5.55. The maximum absolute atomic E-state index is 13.5. The zero-order valence-electron chi connectivity index (χ0n) is 18.8. The number of hydrogen-bond donors (Lipinski definition) is 0. The van der Waals surface area contributed by atoms with Crippen LogP contribution in [-0.4, -0.2) is 27.4 Å². The van der Waals surface area contributed by atoms with Gasteiger partial charge in [-0.25, -0.2) is 4.98 Å². The lowest BCUT2D eigenvalue weighted by Crippen LogP contribution is -2.35. The van der Waals surface area contributed by atoms with Crippen molar-refractivity contribution < 1.29 is 18.0 Å². The van der Waals surface area contributed by atoms with Gasteiger partial charge in [-0.05, 0) is 61.9 Å². The second-order valence-corrected chi connectivity index (χ2v) is 8.14. The highest BCUT2D eigenvalue weighted by Crippen LogP contribution is 2.30. The van der Waals surface area contributed by atoms with Gasteiger partial charge >= 0.3 is 6.18 Å². The van der Waals surface area contributed by atoms with Crippen LogP contribution in [0.5, 0.6) is 0 Å². The number of alkyl halides is 3. The summed E-state index contributed by atoms with van der Waals surface area (Å²) >= 11 is 0. The number of hydrogen-bond acceptors (Lipinski definition) is 3. The van der Waals surface area contributed by atoms with Crippen molar-refractivity contribution in [1.29, 1.82) is 0 Å². The maximum Gasteiger partial charge on any atom is 0.416 e. The Hall–Kier alpha value is -3.94. The van der Waals surface area contributed by atoms with Crippen molar-refractivity contribution in [2.24, 2.45) is 0 Å². The fourth-order valence-corrected chi connectivity index (χ4v) is 3.83. The SMILES string of the molecule is Cc1cccc(-n2c(C(C)N(C)C(=O)c3cccc(C(F)(F)F)c3)nc3ccccc3c2=O)c1. The average molecular weight is 465 g/mol. The zero-order chi connectivity index (χ0) is 24.6. The Labute approximate surface area is 194 Å². The summed E-state index contributed by atoms with van der Waals surface area (Å²) in [4.78, 5) is 32.6. The van der Waals surface area contributed by atoms with Crippen molar-refractivity contribution in [3.8, 4) is 5.69 Å².